The molecule has 0 atom stereocenters. The van der Waals surface area contributed by atoms with Crippen LogP contribution in [-0.2, 0) is 4.74 Å². The first kappa shape index (κ1) is 12.6. The van der Waals surface area contributed by atoms with Crippen LogP contribution in [0.1, 0.15) is 19.8 Å². The summed E-state index contributed by atoms with van der Waals surface area (Å²) in [7, 11) is 0. The highest BCUT2D eigenvalue weighted by atomic mass is 35.5. The second-order valence-corrected chi connectivity index (χ2v) is 4.54. The van der Waals surface area contributed by atoms with Gasteiger partial charge >= 0.3 is 0 Å². The summed E-state index contributed by atoms with van der Waals surface area (Å²) in [6, 6.07) is 1.30. The summed E-state index contributed by atoms with van der Waals surface area (Å²) in [6.45, 7) is 4.28. The van der Waals surface area contributed by atoms with Crippen molar-refractivity contribution in [3.63, 3.8) is 0 Å². The van der Waals surface area contributed by atoms with Crippen LogP contribution in [0.3, 0.4) is 0 Å². The molecule has 0 radical (unpaired) electrons. The molecule has 0 bridgehead atoms. The van der Waals surface area contributed by atoms with Crippen LogP contribution in [0, 0.1) is 5.82 Å². The first-order chi connectivity index (χ1) is 8.20. The molecule has 0 spiro atoms. The number of aromatic nitrogens is 1. The minimum atomic E-state index is -0.354. The zero-order valence-corrected chi connectivity index (χ0v) is 10.6. The molecule has 0 unspecified atom stereocenters. The zero-order chi connectivity index (χ0) is 12.3. The van der Waals surface area contributed by atoms with Crippen molar-refractivity contribution in [3.8, 4) is 0 Å². The summed E-state index contributed by atoms with van der Waals surface area (Å²) >= 11 is 5.68. The van der Waals surface area contributed by atoms with Gasteiger partial charge in [0.2, 0.25) is 0 Å². The van der Waals surface area contributed by atoms with Gasteiger partial charge in [-0.1, -0.05) is 11.6 Å². The van der Waals surface area contributed by atoms with Crippen LogP contribution in [0.2, 0.25) is 5.02 Å². The van der Waals surface area contributed by atoms with Crippen LogP contribution in [-0.4, -0.2) is 30.8 Å². The van der Waals surface area contributed by atoms with E-state index in [0.29, 0.717) is 16.9 Å². The van der Waals surface area contributed by atoms with E-state index in [1.54, 1.807) is 0 Å². The summed E-state index contributed by atoms with van der Waals surface area (Å²) in [4.78, 5) is 6.00. The molecule has 1 aromatic heterocycles. The highest BCUT2D eigenvalue weighted by molar-refractivity contribution is 6.30. The Morgan fingerprint density at radius 2 is 2.24 bits per heavy atom. The molecule has 0 aliphatic carbocycles. The molecule has 1 saturated heterocycles. The predicted octanol–water partition coefficient (Wildman–Crippen LogP) is 2.88. The summed E-state index contributed by atoms with van der Waals surface area (Å²) in [5, 5.41) is 0.329. The number of nitrogens with zero attached hydrogens (tertiary/aromatic N) is 2. The van der Waals surface area contributed by atoms with E-state index in [1.807, 2.05) is 11.8 Å². The van der Waals surface area contributed by atoms with Crippen LogP contribution in [0.5, 0.6) is 0 Å². The monoisotopic (exact) mass is 258 g/mol. The third-order valence-corrected chi connectivity index (χ3v) is 3.14. The second-order valence-electron chi connectivity index (χ2n) is 4.10. The van der Waals surface area contributed by atoms with Crippen LogP contribution in [0.4, 0.5) is 10.2 Å². The van der Waals surface area contributed by atoms with Crippen LogP contribution in [0.15, 0.2) is 12.3 Å². The van der Waals surface area contributed by atoms with Gasteiger partial charge in [-0.2, -0.15) is 0 Å². The van der Waals surface area contributed by atoms with Gasteiger partial charge in [-0.15, -0.1) is 0 Å². The average Bonchev–Trinajstić information content (AvgIpc) is 2.31. The molecule has 5 heteroatoms. The molecule has 0 N–H and O–H groups in total. The number of anilines is 1. The summed E-state index contributed by atoms with van der Waals surface area (Å²) < 4.78 is 19.2. The van der Waals surface area contributed by atoms with Crippen LogP contribution in [0.25, 0.3) is 0 Å². The van der Waals surface area contributed by atoms with Gasteiger partial charge in [0.25, 0.3) is 0 Å². The predicted molar refractivity (Wildman–Crippen MR) is 66.1 cm³/mol. The van der Waals surface area contributed by atoms with E-state index in [9.17, 15) is 4.39 Å². The highest BCUT2D eigenvalue weighted by Gasteiger charge is 2.22. The summed E-state index contributed by atoms with van der Waals surface area (Å²) in [6.07, 6.45) is 3.61. The standard InChI is InChI=1S/C12H16ClFN2O/c1-2-17-10-3-5-16(6-4-10)12-11(14)7-9(13)8-15-12/h7-8,10H,2-6H2,1H3. The van der Waals surface area contributed by atoms with Crippen LogP contribution < -0.4 is 4.90 Å². The van der Waals surface area contributed by atoms with E-state index in [4.69, 9.17) is 16.3 Å². The summed E-state index contributed by atoms with van der Waals surface area (Å²) in [5.74, 6) is 0.0386. The van der Waals surface area contributed by atoms with E-state index in [0.717, 1.165) is 32.5 Å². The first-order valence-corrected chi connectivity index (χ1v) is 6.26. The Kier molecular flexibility index (Phi) is 4.18. The van der Waals surface area contributed by atoms with Gasteiger partial charge in [0, 0.05) is 25.9 Å². The molecule has 1 aliphatic rings. The Morgan fingerprint density at radius 3 is 2.82 bits per heavy atom. The van der Waals surface area contributed by atoms with Gasteiger partial charge in [-0.25, -0.2) is 9.37 Å². The minimum absolute atomic E-state index is 0.298. The topological polar surface area (TPSA) is 25.4 Å². The van der Waals surface area contributed by atoms with E-state index in [2.05, 4.69) is 4.98 Å². The number of pyridine rings is 1. The second kappa shape index (κ2) is 5.65. The van der Waals surface area contributed by atoms with Crippen molar-refractivity contribution in [2.75, 3.05) is 24.6 Å². The molecule has 3 nitrogen and oxygen atoms in total. The number of hydrogen-bond donors (Lipinski definition) is 0. The Labute approximate surface area is 106 Å². The molecule has 94 valence electrons. The van der Waals surface area contributed by atoms with E-state index >= 15 is 0 Å². The number of hydrogen-bond acceptors (Lipinski definition) is 3. The lowest BCUT2D eigenvalue weighted by atomic mass is 10.1. The fraction of sp³-hybridized carbons (Fsp3) is 0.583. The van der Waals surface area contributed by atoms with E-state index in [-0.39, 0.29) is 5.82 Å². The maximum atomic E-state index is 13.7. The van der Waals surface area contributed by atoms with Crippen molar-refractivity contribution in [1.29, 1.82) is 0 Å². The van der Waals surface area contributed by atoms with E-state index in [1.165, 1.54) is 12.3 Å². The molecule has 1 fully saturated rings. The molecule has 0 aromatic carbocycles. The van der Waals surface area contributed by atoms with Gasteiger partial charge in [0.15, 0.2) is 11.6 Å². The number of ether oxygens (including phenoxy) is 1. The maximum Gasteiger partial charge on any atom is 0.167 e. The van der Waals surface area contributed by atoms with Gasteiger partial charge in [-0.05, 0) is 25.8 Å². The van der Waals surface area contributed by atoms with Crippen molar-refractivity contribution in [3.05, 3.63) is 23.1 Å². The number of rotatable bonds is 3. The lowest BCUT2D eigenvalue weighted by molar-refractivity contribution is 0.0457. The Bertz CT molecular complexity index is 381. The molecule has 0 amide bonds. The molecular weight excluding hydrogens is 243 g/mol. The molecule has 1 aliphatic heterocycles. The molecule has 17 heavy (non-hydrogen) atoms. The lowest BCUT2D eigenvalue weighted by Gasteiger charge is -2.32. The molecule has 1 aromatic rings. The van der Waals surface area contributed by atoms with Crippen LogP contribution >= 0.6 is 11.6 Å². The third-order valence-electron chi connectivity index (χ3n) is 2.93. The average molecular weight is 259 g/mol. The molecule has 2 rings (SSSR count). The third kappa shape index (κ3) is 3.07. The molecular formula is C12H16ClFN2O. The summed E-state index contributed by atoms with van der Waals surface area (Å²) in [5.41, 5.74) is 0. The van der Waals surface area contributed by atoms with Gasteiger partial charge in [-0.3, -0.25) is 0 Å². The molecule has 0 saturated carbocycles. The Morgan fingerprint density at radius 1 is 1.53 bits per heavy atom. The number of piperidine rings is 1. The van der Waals surface area contributed by atoms with Gasteiger partial charge in [0.1, 0.15) is 0 Å². The lowest BCUT2D eigenvalue weighted by Crippen LogP contribution is -2.38. The highest BCUT2D eigenvalue weighted by Crippen LogP contribution is 2.23. The van der Waals surface area contributed by atoms with E-state index < -0.39 is 0 Å². The minimum Gasteiger partial charge on any atom is -0.378 e. The number of halogens is 2. The first-order valence-electron chi connectivity index (χ1n) is 5.88. The maximum absolute atomic E-state index is 13.7. The zero-order valence-electron chi connectivity index (χ0n) is 9.83. The molecule has 2 heterocycles. The smallest absolute Gasteiger partial charge is 0.167 e. The van der Waals surface area contributed by atoms with Crippen molar-refractivity contribution in [2.24, 2.45) is 0 Å². The largest absolute Gasteiger partial charge is 0.378 e. The quantitative estimate of drug-likeness (QED) is 0.834. The fourth-order valence-corrected chi connectivity index (χ4v) is 2.25. The van der Waals surface area contributed by atoms with Crippen molar-refractivity contribution >= 4 is 17.4 Å². The SMILES string of the molecule is CCOC1CCN(c2ncc(Cl)cc2F)CC1. The van der Waals surface area contributed by atoms with Crippen molar-refractivity contribution in [1.82, 2.24) is 4.98 Å². The van der Waals surface area contributed by atoms with Crippen molar-refractivity contribution < 1.29 is 9.13 Å². The van der Waals surface area contributed by atoms with Gasteiger partial charge in [0.05, 0.1) is 11.1 Å². The fourth-order valence-electron chi connectivity index (χ4n) is 2.11. The van der Waals surface area contributed by atoms with Gasteiger partial charge < -0.3 is 9.64 Å². The van der Waals surface area contributed by atoms with Crippen molar-refractivity contribution in [2.45, 2.75) is 25.9 Å². The Balaban J connectivity index is 2.00. The Hall–Kier alpha value is -0.870. The normalized spacial score (nSPS) is 17.5.